The largest absolute Gasteiger partial charge is 0.365 e. The molecule has 0 spiro atoms. The van der Waals surface area contributed by atoms with E-state index in [1.807, 2.05) is 20.8 Å². The van der Waals surface area contributed by atoms with E-state index in [0.717, 1.165) is 19.6 Å². The van der Waals surface area contributed by atoms with Crippen LogP contribution in [0.3, 0.4) is 0 Å². The van der Waals surface area contributed by atoms with Crippen molar-refractivity contribution < 1.29 is 0 Å². The van der Waals surface area contributed by atoms with Crippen LogP contribution in [-0.4, -0.2) is 40.1 Å². The maximum Gasteiger partial charge on any atom is 0.293 e. The predicted molar refractivity (Wildman–Crippen MR) is 86.8 cm³/mol. The second-order valence-corrected chi connectivity index (χ2v) is 7.25. The van der Waals surface area contributed by atoms with Crippen molar-refractivity contribution in [3.63, 3.8) is 0 Å². The molecular weight excluding hydrogens is 264 g/mol. The molecule has 1 aliphatic rings. The summed E-state index contributed by atoms with van der Waals surface area (Å²) in [5, 5.41) is 3.26. The van der Waals surface area contributed by atoms with Crippen molar-refractivity contribution in [2.75, 3.05) is 25.0 Å². The molecule has 0 aromatic carbocycles. The highest BCUT2D eigenvalue weighted by atomic mass is 16.1. The molecule has 5 heteroatoms. The zero-order valence-corrected chi connectivity index (χ0v) is 13.9. The Balaban J connectivity index is 2.00. The first-order chi connectivity index (χ1) is 9.79. The number of hydrogen-bond donors (Lipinski definition) is 1. The van der Waals surface area contributed by atoms with Crippen LogP contribution in [0.15, 0.2) is 17.2 Å². The van der Waals surface area contributed by atoms with Crippen LogP contribution in [0, 0.1) is 5.92 Å². The maximum atomic E-state index is 12.4. The highest BCUT2D eigenvalue weighted by Gasteiger charge is 2.24. The Hall–Kier alpha value is -1.36. The maximum absolute atomic E-state index is 12.4. The van der Waals surface area contributed by atoms with E-state index in [0.29, 0.717) is 17.8 Å². The molecule has 5 nitrogen and oxygen atoms in total. The quantitative estimate of drug-likeness (QED) is 0.924. The van der Waals surface area contributed by atoms with E-state index in [2.05, 4.69) is 29.0 Å². The average molecular weight is 292 g/mol. The van der Waals surface area contributed by atoms with Crippen LogP contribution in [0.1, 0.15) is 41.0 Å². The highest BCUT2D eigenvalue weighted by molar-refractivity contribution is 5.31. The number of likely N-dealkylation sites (tertiary alicyclic amines) is 1. The molecule has 2 rings (SSSR count). The summed E-state index contributed by atoms with van der Waals surface area (Å²) in [4.78, 5) is 19.1. The Labute approximate surface area is 127 Å². The van der Waals surface area contributed by atoms with E-state index in [4.69, 9.17) is 0 Å². The molecule has 2 heterocycles. The zero-order chi connectivity index (χ0) is 15.6. The van der Waals surface area contributed by atoms with E-state index < -0.39 is 0 Å². The molecule has 1 fully saturated rings. The van der Waals surface area contributed by atoms with Gasteiger partial charge in [-0.2, -0.15) is 0 Å². The Morgan fingerprint density at radius 2 is 2.14 bits per heavy atom. The normalized spacial score (nSPS) is 20.2. The molecule has 1 aliphatic heterocycles. The Morgan fingerprint density at radius 3 is 2.71 bits per heavy atom. The van der Waals surface area contributed by atoms with Gasteiger partial charge in [-0.25, -0.2) is 4.98 Å². The summed E-state index contributed by atoms with van der Waals surface area (Å²) in [5.41, 5.74) is -0.262. The van der Waals surface area contributed by atoms with Crippen molar-refractivity contribution in [2.45, 2.75) is 52.6 Å². The molecule has 1 N–H and O–H groups in total. The van der Waals surface area contributed by atoms with Crippen molar-refractivity contribution in [1.29, 1.82) is 0 Å². The summed E-state index contributed by atoms with van der Waals surface area (Å²) in [7, 11) is 0. The Morgan fingerprint density at radius 1 is 1.43 bits per heavy atom. The summed E-state index contributed by atoms with van der Waals surface area (Å²) < 4.78 is 1.73. The molecule has 0 bridgehead atoms. The van der Waals surface area contributed by atoms with E-state index in [9.17, 15) is 4.79 Å². The smallest absolute Gasteiger partial charge is 0.293 e. The second kappa shape index (κ2) is 6.18. The predicted octanol–water partition coefficient (Wildman–Crippen LogP) is 2.14. The Kier molecular flexibility index (Phi) is 4.71. The van der Waals surface area contributed by atoms with Gasteiger partial charge in [0.15, 0.2) is 5.82 Å². The first kappa shape index (κ1) is 16.0. The van der Waals surface area contributed by atoms with Gasteiger partial charge in [0.05, 0.1) is 0 Å². The fourth-order valence-corrected chi connectivity index (χ4v) is 2.80. The molecular formula is C16H28N4O. The molecule has 1 aromatic rings. The van der Waals surface area contributed by atoms with E-state index in [1.165, 1.54) is 6.42 Å². The van der Waals surface area contributed by atoms with Crippen LogP contribution in [0.5, 0.6) is 0 Å². The fourth-order valence-electron chi connectivity index (χ4n) is 2.80. The molecule has 0 aliphatic carbocycles. The van der Waals surface area contributed by atoms with E-state index in [-0.39, 0.29) is 11.1 Å². The lowest BCUT2D eigenvalue weighted by Crippen LogP contribution is -2.36. The third kappa shape index (κ3) is 3.84. The van der Waals surface area contributed by atoms with Crippen LogP contribution in [-0.2, 0) is 5.54 Å². The third-order valence-electron chi connectivity index (χ3n) is 4.17. The molecule has 1 unspecified atom stereocenters. The fraction of sp³-hybridized carbons (Fsp3) is 0.750. The van der Waals surface area contributed by atoms with Crippen LogP contribution in [0.4, 0.5) is 5.82 Å². The van der Waals surface area contributed by atoms with Crippen LogP contribution < -0.4 is 10.9 Å². The summed E-state index contributed by atoms with van der Waals surface area (Å²) >= 11 is 0. The minimum Gasteiger partial charge on any atom is -0.365 e. The monoisotopic (exact) mass is 292 g/mol. The number of nitrogens with zero attached hydrogens (tertiary/aromatic N) is 3. The van der Waals surface area contributed by atoms with Gasteiger partial charge in [-0.3, -0.25) is 4.79 Å². The van der Waals surface area contributed by atoms with Crippen molar-refractivity contribution in [3.05, 3.63) is 22.7 Å². The lowest BCUT2D eigenvalue weighted by molar-refractivity contribution is 0.266. The number of rotatable bonds is 4. The minimum atomic E-state index is -0.224. The second-order valence-electron chi connectivity index (χ2n) is 7.25. The molecule has 1 aromatic heterocycles. The third-order valence-corrected chi connectivity index (χ3v) is 4.17. The van der Waals surface area contributed by atoms with Gasteiger partial charge in [0.2, 0.25) is 0 Å². The van der Waals surface area contributed by atoms with Gasteiger partial charge < -0.3 is 14.8 Å². The number of nitrogens with one attached hydrogen (secondary N) is 1. The number of hydrogen-bond acceptors (Lipinski definition) is 4. The van der Waals surface area contributed by atoms with Crippen molar-refractivity contribution >= 4 is 5.82 Å². The van der Waals surface area contributed by atoms with Crippen molar-refractivity contribution in [3.8, 4) is 0 Å². The molecule has 1 saturated heterocycles. The molecule has 0 amide bonds. The lowest BCUT2D eigenvalue weighted by Gasteiger charge is -2.23. The summed E-state index contributed by atoms with van der Waals surface area (Å²) in [6, 6.07) is 0.600. The first-order valence-corrected chi connectivity index (χ1v) is 7.85. The summed E-state index contributed by atoms with van der Waals surface area (Å²) in [6.07, 6.45) is 4.64. The molecule has 0 saturated carbocycles. The van der Waals surface area contributed by atoms with Crippen molar-refractivity contribution in [2.24, 2.45) is 5.92 Å². The van der Waals surface area contributed by atoms with E-state index in [1.54, 1.807) is 17.0 Å². The summed E-state index contributed by atoms with van der Waals surface area (Å²) in [5.74, 6) is 1.06. The van der Waals surface area contributed by atoms with Crippen LogP contribution in [0.2, 0.25) is 0 Å². The average Bonchev–Trinajstić information content (AvgIpc) is 2.85. The van der Waals surface area contributed by atoms with Crippen LogP contribution in [0.25, 0.3) is 0 Å². The van der Waals surface area contributed by atoms with Gasteiger partial charge in [-0.15, -0.1) is 0 Å². The zero-order valence-electron chi connectivity index (χ0n) is 13.9. The van der Waals surface area contributed by atoms with E-state index >= 15 is 0 Å². The first-order valence-electron chi connectivity index (χ1n) is 7.85. The molecule has 21 heavy (non-hydrogen) atoms. The highest BCUT2D eigenvalue weighted by Crippen LogP contribution is 2.18. The Bertz CT molecular complexity index is 530. The van der Waals surface area contributed by atoms with Gasteiger partial charge in [0.1, 0.15) is 0 Å². The molecule has 118 valence electrons. The molecule has 0 radical (unpaired) electrons. The topological polar surface area (TPSA) is 50.2 Å². The number of aromatic nitrogens is 2. The van der Waals surface area contributed by atoms with Gasteiger partial charge >= 0.3 is 0 Å². The molecule has 1 atom stereocenters. The summed E-state index contributed by atoms with van der Waals surface area (Å²) in [6.45, 7) is 13.6. The van der Waals surface area contributed by atoms with Gasteiger partial charge in [0, 0.05) is 37.1 Å². The van der Waals surface area contributed by atoms with Gasteiger partial charge in [-0.1, -0.05) is 0 Å². The van der Waals surface area contributed by atoms with Crippen LogP contribution >= 0.6 is 0 Å². The number of anilines is 1. The standard InChI is InChI=1S/C16H28N4O/c1-12(2)19-8-6-13(11-19)10-18-14-15(21)20(9-7-17-14)16(3,4)5/h7,9,12-13H,6,8,10-11H2,1-5H3,(H,17,18). The minimum absolute atomic E-state index is 0.0382. The van der Waals surface area contributed by atoms with Gasteiger partial charge in [0.25, 0.3) is 5.56 Å². The SMILES string of the molecule is CC(C)N1CCC(CNc2nccn(C(C)(C)C)c2=O)C1. The van der Waals surface area contributed by atoms with Gasteiger partial charge in [-0.05, 0) is 53.5 Å². The lowest BCUT2D eigenvalue weighted by atomic mass is 10.1. The van der Waals surface area contributed by atoms with Crippen molar-refractivity contribution in [1.82, 2.24) is 14.5 Å².